The minimum atomic E-state index is -5.90. The van der Waals surface area contributed by atoms with Crippen molar-refractivity contribution in [3.05, 3.63) is 33.2 Å². The number of fused-ring (bicyclic) bond motifs is 1. The minimum absolute atomic E-state index is 0.196. The number of ether oxygens (including phenoxy) is 1. The molecule has 1 aromatic heterocycles. The molecule has 0 spiro atoms. The van der Waals surface area contributed by atoms with Gasteiger partial charge in [-0.05, 0) is 11.6 Å². The fourth-order valence-electron chi connectivity index (χ4n) is 3.03. The largest absolute Gasteiger partial charge is 0.490 e. The molecule has 4 unspecified atom stereocenters. The van der Waals surface area contributed by atoms with Gasteiger partial charge in [0.25, 0.3) is 0 Å². The van der Waals surface area contributed by atoms with E-state index < -0.39 is 58.9 Å². The van der Waals surface area contributed by atoms with Gasteiger partial charge in [-0.2, -0.15) is 13.6 Å². The van der Waals surface area contributed by atoms with Gasteiger partial charge in [-0.3, -0.25) is 9.09 Å². The number of phosphoric acid groups is 3. The van der Waals surface area contributed by atoms with Crippen LogP contribution in [0.1, 0.15) is 6.23 Å². The van der Waals surface area contributed by atoms with Crippen LogP contribution in [0.3, 0.4) is 0 Å². The third kappa shape index (κ3) is 4.26. The standard InChI is InChI=1S/C9H13N6O14P3/c10-3-1-2-15(7(17)12-3)5-4(16)8(18)6(9(8,26-5)13-14-11)27-31(22,23)29-32(24,25)28-30(19,20)21/h1-2,4-6,16,18H,(H,22,23)(H,24,25)(H2,10,12,17)(H2,19,20,21)/t4-,5+,6?,8+,9?/m0/s1. The van der Waals surface area contributed by atoms with Gasteiger partial charge in [0.1, 0.15) is 18.0 Å². The van der Waals surface area contributed by atoms with Gasteiger partial charge in [-0.1, -0.05) is 5.11 Å². The molecular weight excluding hydrogens is 509 g/mol. The quantitative estimate of drug-likeness (QED) is 0.0855. The van der Waals surface area contributed by atoms with Crippen molar-refractivity contribution < 1.29 is 61.4 Å². The van der Waals surface area contributed by atoms with Crippen LogP contribution >= 0.6 is 23.5 Å². The molecule has 0 aromatic carbocycles. The first-order valence-corrected chi connectivity index (χ1v) is 12.3. The van der Waals surface area contributed by atoms with Gasteiger partial charge in [0, 0.05) is 11.1 Å². The smallest absolute Gasteiger partial charge is 0.385 e. The van der Waals surface area contributed by atoms with Crippen molar-refractivity contribution in [2.24, 2.45) is 5.11 Å². The summed E-state index contributed by atoms with van der Waals surface area (Å²) in [6, 6.07) is 1.12. The van der Waals surface area contributed by atoms with Crippen molar-refractivity contribution in [3.8, 4) is 0 Å². The van der Waals surface area contributed by atoms with Crippen molar-refractivity contribution in [1.82, 2.24) is 9.55 Å². The highest BCUT2D eigenvalue weighted by atomic mass is 31.3. The minimum Gasteiger partial charge on any atom is -0.385 e. The lowest BCUT2D eigenvalue weighted by molar-refractivity contribution is -0.112. The van der Waals surface area contributed by atoms with Gasteiger partial charge < -0.3 is 40.3 Å². The Balaban J connectivity index is 1.87. The van der Waals surface area contributed by atoms with E-state index in [1.54, 1.807) is 0 Å². The Morgan fingerprint density at radius 1 is 1.25 bits per heavy atom. The van der Waals surface area contributed by atoms with Crippen LogP contribution in [0.5, 0.6) is 0 Å². The van der Waals surface area contributed by atoms with Crippen LogP contribution < -0.4 is 11.4 Å². The van der Waals surface area contributed by atoms with Crippen LogP contribution in [0.15, 0.2) is 22.2 Å². The first-order valence-electron chi connectivity index (χ1n) is 7.79. The number of nitrogen functional groups attached to an aromatic ring is 1. The second-order valence-electron chi connectivity index (χ2n) is 6.28. The Morgan fingerprint density at radius 2 is 1.88 bits per heavy atom. The molecule has 0 amide bonds. The van der Waals surface area contributed by atoms with E-state index in [-0.39, 0.29) is 5.82 Å². The van der Waals surface area contributed by atoms with Gasteiger partial charge in [-0.15, -0.1) is 0 Å². The van der Waals surface area contributed by atoms with E-state index >= 15 is 0 Å². The molecule has 1 saturated heterocycles. The van der Waals surface area contributed by atoms with Gasteiger partial charge >= 0.3 is 29.2 Å². The number of aromatic nitrogens is 2. The summed E-state index contributed by atoms with van der Waals surface area (Å²) >= 11 is 0. The molecule has 0 bridgehead atoms. The summed E-state index contributed by atoms with van der Waals surface area (Å²) in [5, 5.41) is 24.2. The van der Waals surface area contributed by atoms with Crippen LogP contribution in [0.2, 0.25) is 0 Å². The number of aliphatic hydroxyl groups excluding tert-OH is 1. The highest BCUT2D eigenvalue weighted by molar-refractivity contribution is 7.66. The highest BCUT2D eigenvalue weighted by Crippen LogP contribution is 2.72. The molecule has 20 nitrogen and oxygen atoms in total. The van der Waals surface area contributed by atoms with E-state index in [0.29, 0.717) is 4.57 Å². The molecule has 7 atom stereocenters. The maximum absolute atomic E-state index is 12.0. The Morgan fingerprint density at radius 3 is 2.41 bits per heavy atom. The number of hydrogen-bond acceptors (Lipinski definition) is 13. The number of azide groups is 1. The third-order valence-electron chi connectivity index (χ3n) is 4.24. The second-order valence-corrected chi connectivity index (χ2v) is 10.7. The van der Waals surface area contributed by atoms with E-state index in [2.05, 4.69) is 28.2 Å². The predicted molar refractivity (Wildman–Crippen MR) is 94.6 cm³/mol. The molecule has 2 aliphatic rings. The van der Waals surface area contributed by atoms with E-state index in [1.807, 2.05) is 0 Å². The zero-order valence-corrected chi connectivity index (χ0v) is 17.7. The van der Waals surface area contributed by atoms with E-state index in [0.717, 1.165) is 12.3 Å². The number of rotatable bonds is 8. The van der Waals surface area contributed by atoms with Crippen LogP contribution in [0, 0.1) is 0 Å². The summed E-state index contributed by atoms with van der Waals surface area (Å²) in [6.45, 7) is 0. The summed E-state index contributed by atoms with van der Waals surface area (Å²) < 4.78 is 51.4. The average molecular weight is 522 g/mol. The van der Waals surface area contributed by atoms with Gasteiger partial charge in [0.15, 0.2) is 11.8 Å². The maximum atomic E-state index is 12.0. The Bertz CT molecular complexity index is 1190. The topological polar surface area (TPSA) is 319 Å². The van der Waals surface area contributed by atoms with Crippen LogP contribution in [0.4, 0.5) is 5.82 Å². The molecule has 2 heterocycles. The molecule has 1 aliphatic heterocycles. The lowest BCUT2D eigenvalue weighted by Crippen LogP contribution is -2.41. The Kier molecular flexibility index (Phi) is 5.97. The van der Waals surface area contributed by atoms with Gasteiger partial charge in [-0.25, -0.2) is 18.5 Å². The average Bonchev–Trinajstić information content (AvgIpc) is 2.95. The Labute approximate surface area is 174 Å². The second kappa shape index (κ2) is 7.66. The fourth-order valence-corrected chi connectivity index (χ4v) is 6.26. The predicted octanol–water partition coefficient (Wildman–Crippen LogP) is -1.82. The number of hydrogen-bond donors (Lipinski definition) is 7. The summed E-state index contributed by atoms with van der Waals surface area (Å²) in [5.41, 5.74) is 7.62. The SMILES string of the molecule is [N-]=[N+]=NC12O[C@@H](n3ccc(N)nc3=O)[C@H](O)[C@@]1(O)C2OP(=O)(O)OP(=O)(O)OP(=O)(O)O. The lowest BCUT2D eigenvalue weighted by atomic mass is 10.1. The normalized spacial score (nSPS) is 35.2. The Hall–Kier alpha value is -1.72. The number of aliphatic hydroxyl groups is 2. The van der Waals surface area contributed by atoms with Crippen molar-refractivity contribution in [3.63, 3.8) is 0 Å². The molecule has 1 saturated carbocycles. The number of phosphoric ester groups is 1. The first kappa shape index (κ1) is 24.9. The molecular formula is C9H13N6O14P3. The molecule has 8 N–H and O–H groups in total. The fraction of sp³-hybridized carbons (Fsp3) is 0.556. The monoisotopic (exact) mass is 522 g/mol. The summed E-state index contributed by atoms with van der Waals surface area (Å²) in [7, 11) is -17.4. The van der Waals surface area contributed by atoms with E-state index in [1.165, 1.54) is 0 Å². The van der Waals surface area contributed by atoms with E-state index in [4.69, 9.17) is 25.8 Å². The number of anilines is 1. The van der Waals surface area contributed by atoms with Crippen molar-refractivity contribution in [2.75, 3.05) is 5.73 Å². The van der Waals surface area contributed by atoms with Crippen LogP contribution in [-0.2, 0) is 31.6 Å². The van der Waals surface area contributed by atoms with Crippen LogP contribution in [-0.4, -0.2) is 62.9 Å². The van der Waals surface area contributed by atoms with Crippen molar-refractivity contribution >= 4 is 29.3 Å². The zero-order chi connectivity index (χ0) is 24.3. The molecule has 23 heteroatoms. The van der Waals surface area contributed by atoms with Crippen LogP contribution in [0.25, 0.3) is 10.4 Å². The van der Waals surface area contributed by atoms with Crippen molar-refractivity contribution in [1.29, 1.82) is 0 Å². The van der Waals surface area contributed by atoms with E-state index in [9.17, 15) is 38.5 Å². The number of nitrogens with zero attached hydrogens (tertiary/aromatic N) is 5. The summed E-state index contributed by atoms with van der Waals surface area (Å²) in [6.07, 6.45) is -5.14. The van der Waals surface area contributed by atoms with Crippen molar-refractivity contribution in [2.45, 2.75) is 29.8 Å². The first-order chi connectivity index (χ1) is 14.5. The molecule has 3 rings (SSSR count). The zero-order valence-electron chi connectivity index (χ0n) is 15.0. The molecule has 0 radical (unpaired) electrons. The van der Waals surface area contributed by atoms with Gasteiger partial charge in [0.05, 0.1) is 0 Å². The third-order valence-corrected chi connectivity index (χ3v) is 8.05. The molecule has 1 aromatic rings. The number of nitrogens with two attached hydrogens (primary N) is 1. The molecule has 178 valence electrons. The van der Waals surface area contributed by atoms with Gasteiger partial charge in [0.2, 0.25) is 5.72 Å². The molecule has 1 aliphatic carbocycles. The lowest BCUT2D eigenvalue weighted by Gasteiger charge is -2.25. The summed E-state index contributed by atoms with van der Waals surface area (Å²) in [4.78, 5) is 53.5. The summed E-state index contributed by atoms with van der Waals surface area (Å²) in [5.74, 6) is -0.196. The highest BCUT2D eigenvalue weighted by Gasteiger charge is 2.90. The molecule has 32 heavy (non-hydrogen) atoms. The maximum Gasteiger partial charge on any atom is 0.490 e. The molecule has 2 fully saturated rings.